The third-order valence-electron chi connectivity index (χ3n) is 2.85. The quantitative estimate of drug-likeness (QED) is 0.927. The fourth-order valence-electron chi connectivity index (χ4n) is 1.62. The van der Waals surface area contributed by atoms with E-state index in [1.165, 1.54) is 6.26 Å². The zero-order valence-corrected chi connectivity index (χ0v) is 13.0. The van der Waals surface area contributed by atoms with Crippen LogP contribution in [0.4, 0.5) is 0 Å². The molecular formula is C13H14BrNO3S. The third-order valence-corrected chi connectivity index (χ3v) is 5.21. The van der Waals surface area contributed by atoms with Crippen molar-refractivity contribution in [3.05, 3.63) is 51.9 Å². The Morgan fingerprint density at radius 2 is 1.95 bits per heavy atom. The van der Waals surface area contributed by atoms with Crippen molar-refractivity contribution in [2.75, 3.05) is 0 Å². The maximum Gasteiger partial charge on any atom is 0.242 e. The Morgan fingerprint density at radius 1 is 1.26 bits per heavy atom. The highest BCUT2D eigenvalue weighted by Crippen LogP contribution is 2.25. The largest absolute Gasteiger partial charge is 0.468 e. The summed E-state index contributed by atoms with van der Waals surface area (Å²) in [6.45, 7) is 3.95. The number of rotatable bonds is 4. The van der Waals surface area contributed by atoms with Crippen molar-refractivity contribution < 1.29 is 12.8 Å². The molecule has 0 aliphatic carbocycles. The van der Waals surface area contributed by atoms with Crippen LogP contribution in [0.3, 0.4) is 0 Å². The summed E-state index contributed by atoms with van der Waals surface area (Å²) in [6, 6.07) is 6.90. The lowest BCUT2D eigenvalue weighted by Crippen LogP contribution is -2.23. The second-order valence-electron chi connectivity index (χ2n) is 4.27. The molecule has 0 aliphatic heterocycles. The average Bonchev–Trinajstić information content (AvgIpc) is 2.84. The van der Waals surface area contributed by atoms with Gasteiger partial charge >= 0.3 is 0 Å². The molecule has 1 aromatic heterocycles. The second kappa shape index (κ2) is 5.48. The molecule has 0 amide bonds. The van der Waals surface area contributed by atoms with Gasteiger partial charge in [-0.3, -0.25) is 0 Å². The molecule has 0 radical (unpaired) electrons. The van der Waals surface area contributed by atoms with Crippen LogP contribution < -0.4 is 4.72 Å². The highest BCUT2D eigenvalue weighted by atomic mass is 79.9. The van der Waals surface area contributed by atoms with Crippen LogP contribution in [0, 0.1) is 13.8 Å². The fraction of sp³-hybridized carbons (Fsp3) is 0.231. The maximum atomic E-state index is 12.2. The first-order valence-electron chi connectivity index (χ1n) is 5.69. The van der Waals surface area contributed by atoms with Crippen molar-refractivity contribution in [2.24, 2.45) is 0 Å². The summed E-state index contributed by atoms with van der Waals surface area (Å²) in [4.78, 5) is 0.238. The number of benzene rings is 1. The molecule has 2 rings (SSSR count). The van der Waals surface area contributed by atoms with E-state index in [2.05, 4.69) is 20.7 Å². The topological polar surface area (TPSA) is 59.3 Å². The summed E-state index contributed by atoms with van der Waals surface area (Å²) in [7, 11) is -3.56. The highest BCUT2D eigenvalue weighted by molar-refractivity contribution is 9.10. The van der Waals surface area contributed by atoms with Crippen LogP contribution in [-0.4, -0.2) is 8.42 Å². The van der Waals surface area contributed by atoms with E-state index in [9.17, 15) is 8.42 Å². The Kier molecular flexibility index (Phi) is 4.13. The minimum absolute atomic E-state index is 0.134. The molecule has 1 aromatic carbocycles. The molecule has 19 heavy (non-hydrogen) atoms. The molecule has 1 heterocycles. The molecule has 102 valence electrons. The van der Waals surface area contributed by atoms with E-state index in [1.54, 1.807) is 24.3 Å². The summed E-state index contributed by atoms with van der Waals surface area (Å²) < 4.78 is 32.6. The monoisotopic (exact) mass is 343 g/mol. The molecule has 0 unspecified atom stereocenters. The van der Waals surface area contributed by atoms with Gasteiger partial charge in [-0.1, -0.05) is 0 Å². The summed E-state index contributed by atoms with van der Waals surface area (Å²) >= 11 is 3.29. The van der Waals surface area contributed by atoms with Gasteiger partial charge in [-0.15, -0.1) is 0 Å². The van der Waals surface area contributed by atoms with E-state index < -0.39 is 10.0 Å². The zero-order chi connectivity index (χ0) is 14.0. The highest BCUT2D eigenvalue weighted by Gasteiger charge is 2.18. The van der Waals surface area contributed by atoms with Gasteiger partial charge < -0.3 is 4.42 Å². The summed E-state index contributed by atoms with van der Waals surface area (Å²) in [5, 5.41) is 0. The predicted octanol–water partition coefficient (Wildman–Crippen LogP) is 3.14. The summed E-state index contributed by atoms with van der Waals surface area (Å²) in [5.41, 5.74) is 1.97. The van der Waals surface area contributed by atoms with Gasteiger partial charge in [-0.05, 0) is 65.2 Å². The van der Waals surface area contributed by atoms with Crippen LogP contribution in [0.5, 0.6) is 0 Å². The molecule has 0 saturated carbocycles. The van der Waals surface area contributed by atoms with E-state index in [-0.39, 0.29) is 11.4 Å². The van der Waals surface area contributed by atoms with Crippen molar-refractivity contribution in [1.82, 2.24) is 4.72 Å². The number of nitrogens with one attached hydrogen (secondary N) is 1. The first-order chi connectivity index (χ1) is 8.90. The van der Waals surface area contributed by atoms with Crippen LogP contribution in [0.2, 0.25) is 0 Å². The number of hydrogen-bond donors (Lipinski definition) is 1. The van der Waals surface area contributed by atoms with Gasteiger partial charge in [0.2, 0.25) is 10.0 Å². The van der Waals surface area contributed by atoms with Gasteiger partial charge in [-0.25, -0.2) is 13.1 Å². The molecule has 0 spiro atoms. The first kappa shape index (κ1) is 14.3. The SMILES string of the molecule is Cc1cc(Br)c(S(=O)(=O)NCc2ccco2)cc1C. The van der Waals surface area contributed by atoms with E-state index in [0.29, 0.717) is 10.2 Å². The fourth-order valence-corrected chi connectivity index (χ4v) is 3.85. The van der Waals surface area contributed by atoms with Gasteiger partial charge in [-0.2, -0.15) is 0 Å². The smallest absolute Gasteiger partial charge is 0.242 e. The van der Waals surface area contributed by atoms with E-state index >= 15 is 0 Å². The van der Waals surface area contributed by atoms with Gasteiger partial charge in [0.25, 0.3) is 0 Å². The van der Waals surface area contributed by atoms with E-state index in [1.807, 2.05) is 13.8 Å². The van der Waals surface area contributed by atoms with Gasteiger partial charge in [0, 0.05) is 4.47 Å². The van der Waals surface area contributed by atoms with Crippen LogP contribution in [-0.2, 0) is 16.6 Å². The standard InChI is InChI=1S/C13H14BrNO3S/c1-9-6-12(14)13(7-10(9)2)19(16,17)15-8-11-4-3-5-18-11/h3-7,15H,8H2,1-2H3. The van der Waals surface area contributed by atoms with Crippen LogP contribution in [0.1, 0.15) is 16.9 Å². The maximum absolute atomic E-state index is 12.2. The van der Waals surface area contributed by atoms with Crippen molar-refractivity contribution in [2.45, 2.75) is 25.3 Å². The van der Waals surface area contributed by atoms with Gasteiger partial charge in [0.05, 0.1) is 17.7 Å². The minimum Gasteiger partial charge on any atom is -0.468 e. The molecule has 0 saturated heterocycles. The molecular weight excluding hydrogens is 330 g/mol. The first-order valence-corrected chi connectivity index (χ1v) is 7.96. The van der Waals surface area contributed by atoms with E-state index in [0.717, 1.165) is 11.1 Å². The Hall–Kier alpha value is -1.11. The Balaban J connectivity index is 2.27. The van der Waals surface area contributed by atoms with Gasteiger partial charge in [0.15, 0.2) is 0 Å². The number of furan rings is 1. The average molecular weight is 344 g/mol. The summed E-state index contributed by atoms with van der Waals surface area (Å²) in [6.07, 6.45) is 1.51. The normalized spacial score (nSPS) is 11.7. The molecule has 2 aromatic rings. The van der Waals surface area contributed by atoms with Crippen molar-refractivity contribution in [3.8, 4) is 0 Å². The molecule has 0 bridgehead atoms. The minimum atomic E-state index is -3.56. The number of hydrogen-bond acceptors (Lipinski definition) is 3. The molecule has 0 aliphatic rings. The summed E-state index contributed by atoms with van der Waals surface area (Å²) in [5.74, 6) is 0.573. The van der Waals surface area contributed by atoms with Crippen LogP contribution in [0.15, 0.2) is 44.3 Å². The third kappa shape index (κ3) is 3.26. The van der Waals surface area contributed by atoms with Crippen molar-refractivity contribution >= 4 is 26.0 Å². The lowest BCUT2D eigenvalue weighted by molar-refractivity contribution is 0.498. The molecule has 0 fully saturated rings. The molecule has 4 nitrogen and oxygen atoms in total. The number of halogens is 1. The van der Waals surface area contributed by atoms with Gasteiger partial charge in [0.1, 0.15) is 5.76 Å². The molecule has 1 N–H and O–H groups in total. The van der Waals surface area contributed by atoms with Crippen molar-refractivity contribution in [1.29, 1.82) is 0 Å². The molecule has 6 heteroatoms. The van der Waals surface area contributed by atoms with Crippen LogP contribution >= 0.6 is 15.9 Å². The Labute approximate surface area is 121 Å². The van der Waals surface area contributed by atoms with E-state index in [4.69, 9.17) is 4.42 Å². The molecule has 0 atom stereocenters. The lowest BCUT2D eigenvalue weighted by atomic mass is 10.1. The lowest BCUT2D eigenvalue weighted by Gasteiger charge is -2.10. The van der Waals surface area contributed by atoms with Crippen LogP contribution in [0.25, 0.3) is 0 Å². The Bertz CT molecular complexity index is 678. The number of sulfonamides is 1. The Morgan fingerprint density at radius 3 is 2.58 bits per heavy atom. The van der Waals surface area contributed by atoms with Crippen molar-refractivity contribution in [3.63, 3.8) is 0 Å². The number of aryl methyl sites for hydroxylation is 2. The second-order valence-corrected chi connectivity index (χ2v) is 6.86. The zero-order valence-electron chi connectivity index (χ0n) is 10.6. The predicted molar refractivity (Wildman–Crippen MR) is 76.3 cm³/mol.